The molecule has 2 heterocycles. The second-order valence-corrected chi connectivity index (χ2v) is 6.83. The van der Waals surface area contributed by atoms with Crippen molar-refractivity contribution in [2.75, 3.05) is 0 Å². The van der Waals surface area contributed by atoms with Gasteiger partial charge in [-0.15, -0.1) is 11.3 Å². The van der Waals surface area contributed by atoms with Gasteiger partial charge in [-0.2, -0.15) is 0 Å². The van der Waals surface area contributed by atoms with Crippen LogP contribution < -0.4 is 5.32 Å². The molecule has 0 saturated heterocycles. The maximum Gasteiger partial charge on any atom is 0.261 e. The van der Waals surface area contributed by atoms with E-state index in [0.29, 0.717) is 11.4 Å². The van der Waals surface area contributed by atoms with E-state index >= 15 is 0 Å². The summed E-state index contributed by atoms with van der Waals surface area (Å²) in [4.78, 5) is 17.2. The fourth-order valence-corrected chi connectivity index (χ4v) is 3.34. The van der Waals surface area contributed by atoms with Crippen molar-refractivity contribution in [2.45, 2.75) is 6.54 Å². The number of fused-ring (bicyclic) bond motifs is 1. The smallest absolute Gasteiger partial charge is 0.261 e. The van der Waals surface area contributed by atoms with Crippen LogP contribution in [0, 0.1) is 0 Å². The number of amides is 1. The van der Waals surface area contributed by atoms with Crippen molar-refractivity contribution in [3.05, 3.63) is 50.9 Å². The highest BCUT2D eigenvalue weighted by atomic mass is 79.9. The quantitative estimate of drug-likeness (QED) is 0.788. The van der Waals surface area contributed by atoms with Crippen LogP contribution in [0.25, 0.3) is 11.0 Å². The average Bonchev–Trinajstić information content (AvgIpc) is 3.01. The zero-order valence-corrected chi connectivity index (χ0v) is 13.2. The van der Waals surface area contributed by atoms with E-state index in [4.69, 9.17) is 0 Å². The number of thiophene rings is 1. The normalized spacial score (nSPS) is 10.9. The van der Waals surface area contributed by atoms with Crippen LogP contribution in [-0.4, -0.2) is 15.5 Å². The number of hydrogen-bond donors (Lipinski definition) is 1. The van der Waals surface area contributed by atoms with Crippen LogP contribution in [0.4, 0.5) is 0 Å². The summed E-state index contributed by atoms with van der Waals surface area (Å²) in [6.07, 6.45) is 0. The number of imidazole rings is 1. The van der Waals surface area contributed by atoms with Crippen LogP contribution in [0.2, 0.25) is 0 Å². The zero-order chi connectivity index (χ0) is 14.1. The lowest BCUT2D eigenvalue weighted by Gasteiger charge is -2.04. The van der Waals surface area contributed by atoms with E-state index in [1.54, 1.807) is 6.07 Å². The van der Waals surface area contributed by atoms with Crippen molar-refractivity contribution >= 4 is 44.2 Å². The fraction of sp³-hybridized carbons (Fsp3) is 0.143. The summed E-state index contributed by atoms with van der Waals surface area (Å²) in [6.45, 7) is 0.416. The molecule has 102 valence electrons. The molecule has 20 heavy (non-hydrogen) atoms. The Bertz CT molecular complexity index is 778. The van der Waals surface area contributed by atoms with Crippen molar-refractivity contribution in [3.63, 3.8) is 0 Å². The van der Waals surface area contributed by atoms with Gasteiger partial charge in [0, 0.05) is 7.05 Å². The lowest BCUT2D eigenvalue weighted by atomic mass is 10.3. The van der Waals surface area contributed by atoms with Gasteiger partial charge >= 0.3 is 0 Å². The average molecular weight is 350 g/mol. The van der Waals surface area contributed by atoms with E-state index in [2.05, 4.69) is 26.2 Å². The molecular weight excluding hydrogens is 338 g/mol. The van der Waals surface area contributed by atoms with Crippen molar-refractivity contribution in [1.29, 1.82) is 0 Å². The number of hydrogen-bond acceptors (Lipinski definition) is 3. The number of nitrogens with zero attached hydrogens (tertiary/aromatic N) is 2. The van der Waals surface area contributed by atoms with E-state index in [-0.39, 0.29) is 5.91 Å². The predicted octanol–water partition coefficient (Wildman–Crippen LogP) is 3.33. The predicted molar refractivity (Wildman–Crippen MR) is 83.9 cm³/mol. The van der Waals surface area contributed by atoms with E-state index in [1.165, 1.54) is 11.3 Å². The van der Waals surface area contributed by atoms with Crippen LogP contribution in [0.5, 0.6) is 0 Å². The summed E-state index contributed by atoms with van der Waals surface area (Å²) in [5.74, 6) is 0.767. The molecule has 4 nitrogen and oxygen atoms in total. The number of rotatable bonds is 3. The Balaban J connectivity index is 1.77. The minimum atomic E-state index is -0.0762. The highest BCUT2D eigenvalue weighted by Crippen LogP contribution is 2.22. The van der Waals surface area contributed by atoms with Gasteiger partial charge in [-0.05, 0) is 40.2 Å². The minimum Gasteiger partial charge on any atom is -0.344 e. The first-order chi connectivity index (χ1) is 9.65. The molecule has 0 aliphatic carbocycles. The third-order valence-corrected chi connectivity index (χ3v) is 4.71. The van der Waals surface area contributed by atoms with Crippen molar-refractivity contribution in [3.8, 4) is 0 Å². The Labute approximate surface area is 128 Å². The summed E-state index contributed by atoms with van der Waals surface area (Å²) in [5, 5.41) is 2.90. The summed E-state index contributed by atoms with van der Waals surface area (Å²) >= 11 is 4.77. The van der Waals surface area contributed by atoms with E-state index < -0.39 is 0 Å². The number of benzene rings is 1. The van der Waals surface area contributed by atoms with Gasteiger partial charge in [-0.25, -0.2) is 4.98 Å². The second-order valence-electron chi connectivity index (χ2n) is 4.36. The molecule has 1 amide bonds. The Kier molecular flexibility index (Phi) is 3.58. The van der Waals surface area contributed by atoms with Crippen molar-refractivity contribution in [1.82, 2.24) is 14.9 Å². The molecule has 0 aliphatic rings. The molecule has 3 aromatic rings. The molecule has 1 N–H and O–H groups in total. The van der Waals surface area contributed by atoms with Gasteiger partial charge in [0.15, 0.2) is 0 Å². The molecule has 0 aliphatic heterocycles. The van der Waals surface area contributed by atoms with Crippen molar-refractivity contribution in [2.24, 2.45) is 7.05 Å². The lowest BCUT2D eigenvalue weighted by Crippen LogP contribution is -2.23. The molecule has 0 fully saturated rings. The first-order valence-corrected chi connectivity index (χ1v) is 7.70. The van der Waals surface area contributed by atoms with Crippen LogP contribution in [0.3, 0.4) is 0 Å². The number of halogens is 1. The number of aromatic nitrogens is 2. The summed E-state index contributed by atoms with van der Waals surface area (Å²) in [7, 11) is 1.96. The van der Waals surface area contributed by atoms with Crippen LogP contribution in [-0.2, 0) is 13.6 Å². The van der Waals surface area contributed by atoms with Gasteiger partial charge in [0.05, 0.1) is 26.2 Å². The molecular formula is C14H12BrN3OS. The van der Waals surface area contributed by atoms with E-state index in [1.807, 2.05) is 41.9 Å². The largest absolute Gasteiger partial charge is 0.344 e. The number of para-hydroxylation sites is 2. The van der Waals surface area contributed by atoms with Gasteiger partial charge in [0.2, 0.25) is 0 Å². The molecule has 0 radical (unpaired) electrons. The fourth-order valence-electron chi connectivity index (χ4n) is 2.04. The molecule has 0 saturated carbocycles. The summed E-state index contributed by atoms with van der Waals surface area (Å²) in [6, 6.07) is 11.6. The maximum atomic E-state index is 12.0. The molecule has 6 heteroatoms. The van der Waals surface area contributed by atoms with Gasteiger partial charge in [0.1, 0.15) is 5.82 Å². The third kappa shape index (κ3) is 2.48. The Morgan fingerprint density at radius 2 is 2.15 bits per heavy atom. The van der Waals surface area contributed by atoms with Crippen LogP contribution in [0.15, 0.2) is 40.2 Å². The van der Waals surface area contributed by atoms with Gasteiger partial charge in [0.25, 0.3) is 5.91 Å². The molecule has 0 bridgehead atoms. The first-order valence-electron chi connectivity index (χ1n) is 6.09. The second kappa shape index (κ2) is 5.38. The molecule has 0 spiro atoms. The number of carbonyl (C=O) groups is 1. The minimum absolute atomic E-state index is 0.0762. The van der Waals surface area contributed by atoms with Gasteiger partial charge in [-0.3, -0.25) is 4.79 Å². The van der Waals surface area contributed by atoms with E-state index in [9.17, 15) is 4.79 Å². The summed E-state index contributed by atoms with van der Waals surface area (Å²) in [5.41, 5.74) is 2.01. The standard InChI is InChI=1S/C14H12BrN3OS/c1-18-10-5-3-2-4-9(10)17-13(18)8-16-14(19)11-6-7-12(15)20-11/h2-7H,8H2,1H3,(H,16,19). The molecule has 2 aromatic heterocycles. The molecule has 1 aromatic carbocycles. The Hall–Kier alpha value is -1.66. The Morgan fingerprint density at radius 1 is 1.35 bits per heavy atom. The monoisotopic (exact) mass is 349 g/mol. The van der Waals surface area contributed by atoms with Crippen LogP contribution in [0.1, 0.15) is 15.5 Å². The van der Waals surface area contributed by atoms with Gasteiger partial charge < -0.3 is 9.88 Å². The summed E-state index contributed by atoms with van der Waals surface area (Å²) < 4.78 is 2.95. The first kappa shape index (κ1) is 13.3. The zero-order valence-electron chi connectivity index (χ0n) is 10.8. The number of nitrogens with one attached hydrogen (secondary N) is 1. The van der Waals surface area contributed by atoms with Crippen LogP contribution >= 0.6 is 27.3 Å². The topological polar surface area (TPSA) is 46.9 Å². The number of carbonyl (C=O) groups excluding carboxylic acids is 1. The highest BCUT2D eigenvalue weighted by molar-refractivity contribution is 9.11. The van der Waals surface area contributed by atoms with Crippen molar-refractivity contribution < 1.29 is 4.79 Å². The van der Waals surface area contributed by atoms with E-state index in [0.717, 1.165) is 20.6 Å². The number of aryl methyl sites for hydroxylation is 1. The lowest BCUT2D eigenvalue weighted by molar-refractivity contribution is 0.0953. The molecule has 3 rings (SSSR count). The third-order valence-electron chi connectivity index (χ3n) is 3.08. The van der Waals surface area contributed by atoms with Gasteiger partial charge in [-0.1, -0.05) is 12.1 Å². The SMILES string of the molecule is Cn1c(CNC(=O)c2ccc(Br)s2)nc2ccccc21. The molecule has 0 unspecified atom stereocenters. The molecule has 0 atom stereocenters. The Morgan fingerprint density at radius 3 is 2.85 bits per heavy atom. The maximum absolute atomic E-state index is 12.0. The highest BCUT2D eigenvalue weighted by Gasteiger charge is 2.11.